The van der Waals surface area contributed by atoms with Gasteiger partial charge in [-0.3, -0.25) is 4.79 Å². The molecule has 2 aliphatic rings. The van der Waals surface area contributed by atoms with Crippen molar-refractivity contribution in [3.05, 3.63) is 53.0 Å². The number of hydrazine groups is 1. The van der Waals surface area contributed by atoms with E-state index in [1.165, 1.54) is 12.1 Å². The molecule has 0 aromatic heterocycles. The molecule has 0 radical (unpaired) electrons. The number of benzene rings is 1. The van der Waals surface area contributed by atoms with E-state index in [0.29, 0.717) is 29.8 Å². The van der Waals surface area contributed by atoms with Gasteiger partial charge >= 0.3 is 0 Å². The van der Waals surface area contributed by atoms with Crippen LogP contribution in [-0.2, 0) is 4.79 Å². The van der Waals surface area contributed by atoms with Gasteiger partial charge in [-0.25, -0.2) is 10.2 Å². The van der Waals surface area contributed by atoms with Crippen LogP contribution in [0.3, 0.4) is 0 Å². The molecule has 0 amide bonds. The number of hydrogen-bond acceptors (Lipinski definition) is 3. The molecule has 3 rings (SSSR count). The first kappa shape index (κ1) is 12.1. The SMILES string of the molecule is CC1CN(N)C2=C(C(=O)CC=C2)c2cc(F)ccc21. The summed E-state index contributed by atoms with van der Waals surface area (Å²) in [4.78, 5) is 12.2. The van der Waals surface area contributed by atoms with Crippen LogP contribution in [0.4, 0.5) is 4.39 Å². The lowest BCUT2D eigenvalue weighted by atomic mass is 9.88. The summed E-state index contributed by atoms with van der Waals surface area (Å²) in [7, 11) is 0. The zero-order chi connectivity index (χ0) is 13.6. The fourth-order valence-electron chi connectivity index (χ4n) is 2.80. The molecule has 3 nitrogen and oxygen atoms in total. The molecule has 0 saturated carbocycles. The van der Waals surface area contributed by atoms with Gasteiger partial charge in [-0.15, -0.1) is 0 Å². The summed E-state index contributed by atoms with van der Waals surface area (Å²) in [6.45, 7) is 2.64. The predicted octanol–water partition coefficient (Wildman–Crippen LogP) is 2.36. The molecule has 4 heteroatoms. The zero-order valence-electron chi connectivity index (χ0n) is 10.7. The second kappa shape index (κ2) is 4.31. The van der Waals surface area contributed by atoms with E-state index in [4.69, 9.17) is 5.84 Å². The number of halogens is 1. The third-order valence-electron chi connectivity index (χ3n) is 3.71. The van der Waals surface area contributed by atoms with Gasteiger partial charge in [0, 0.05) is 18.9 Å². The average molecular weight is 258 g/mol. The van der Waals surface area contributed by atoms with Crippen molar-refractivity contribution in [3.63, 3.8) is 0 Å². The highest BCUT2D eigenvalue weighted by Crippen LogP contribution is 2.36. The normalized spacial score (nSPS) is 22.2. The zero-order valence-corrected chi connectivity index (χ0v) is 10.7. The van der Waals surface area contributed by atoms with E-state index in [1.807, 2.05) is 13.0 Å². The topological polar surface area (TPSA) is 46.3 Å². The van der Waals surface area contributed by atoms with Gasteiger partial charge in [-0.05, 0) is 29.3 Å². The van der Waals surface area contributed by atoms with E-state index >= 15 is 0 Å². The molecular weight excluding hydrogens is 243 g/mol. The second-order valence-corrected chi connectivity index (χ2v) is 5.07. The summed E-state index contributed by atoms with van der Waals surface area (Å²) < 4.78 is 13.5. The maximum atomic E-state index is 13.5. The van der Waals surface area contributed by atoms with Crippen molar-refractivity contribution in [2.75, 3.05) is 6.54 Å². The van der Waals surface area contributed by atoms with Gasteiger partial charge in [0.1, 0.15) is 5.82 Å². The van der Waals surface area contributed by atoms with Gasteiger partial charge in [-0.2, -0.15) is 0 Å². The van der Waals surface area contributed by atoms with Crippen LogP contribution in [0, 0.1) is 5.82 Å². The van der Waals surface area contributed by atoms with E-state index in [-0.39, 0.29) is 17.5 Å². The first-order chi connectivity index (χ1) is 9.08. The fourth-order valence-corrected chi connectivity index (χ4v) is 2.80. The Morgan fingerprint density at radius 1 is 1.42 bits per heavy atom. The quantitative estimate of drug-likeness (QED) is 0.727. The van der Waals surface area contributed by atoms with E-state index in [1.54, 1.807) is 17.2 Å². The Morgan fingerprint density at radius 3 is 3.00 bits per heavy atom. The number of rotatable bonds is 0. The number of Topliss-reactive ketones (excluding diaryl/α,β-unsaturated/α-hetero) is 1. The lowest BCUT2D eigenvalue weighted by Crippen LogP contribution is -2.33. The minimum atomic E-state index is -0.328. The molecule has 1 aliphatic carbocycles. The van der Waals surface area contributed by atoms with Crippen LogP contribution in [0.15, 0.2) is 36.0 Å². The molecule has 0 fully saturated rings. The molecule has 1 aromatic carbocycles. The summed E-state index contributed by atoms with van der Waals surface area (Å²) in [6.07, 6.45) is 4.00. The Balaban J connectivity index is 2.30. The first-order valence-electron chi connectivity index (χ1n) is 6.34. The highest BCUT2D eigenvalue weighted by atomic mass is 19.1. The highest BCUT2D eigenvalue weighted by Gasteiger charge is 2.29. The minimum Gasteiger partial charge on any atom is -0.310 e. The minimum absolute atomic E-state index is 0.00565. The second-order valence-electron chi connectivity index (χ2n) is 5.07. The van der Waals surface area contributed by atoms with Gasteiger partial charge in [0.05, 0.1) is 11.3 Å². The summed E-state index contributed by atoms with van der Waals surface area (Å²) in [5.41, 5.74) is 2.90. The molecule has 1 atom stereocenters. The number of nitrogens with two attached hydrogens (primary N) is 1. The van der Waals surface area contributed by atoms with E-state index in [2.05, 4.69) is 0 Å². The molecule has 98 valence electrons. The number of carbonyl (C=O) groups is 1. The lowest BCUT2D eigenvalue weighted by Gasteiger charge is -2.23. The van der Waals surface area contributed by atoms with Gasteiger partial charge in [0.15, 0.2) is 5.78 Å². The number of hydrogen-bond donors (Lipinski definition) is 1. The Kier molecular flexibility index (Phi) is 2.75. The molecule has 1 heterocycles. The Morgan fingerprint density at radius 2 is 2.21 bits per heavy atom. The van der Waals surface area contributed by atoms with Gasteiger partial charge in [-0.1, -0.05) is 19.1 Å². The predicted molar refractivity (Wildman–Crippen MR) is 71.4 cm³/mol. The maximum Gasteiger partial charge on any atom is 0.169 e. The number of nitrogens with zero attached hydrogens (tertiary/aromatic N) is 1. The number of carbonyl (C=O) groups excluding carboxylic acids is 1. The van der Waals surface area contributed by atoms with Gasteiger partial charge < -0.3 is 5.01 Å². The van der Waals surface area contributed by atoms with Crippen molar-refractivity contribution in [2.24, 2.45) is 5.84 Å². The van der Waals surface area contributed by atoms with E-state index in [0.717, 1.165) is 5.56 Å². The fraction of sp³-hybridized carbons (Fsp3) is 0.267. The van der Waals surface area contributed by atoms with Crippen molar-refractivity contribution in [1.29, 1.82) is 0 Å². The van der Waals surface area contributed by atoms with Crippen LogP contribution in [0.5, 0.6) is 0 Å². The van der Waals surface area contributed by atoms with Crippen molar-refractivity contribution >= 4 is 11.4 Å². The van der Waals surface area contributed by atoms with E-state index in [9.17, 15) is 9.18 Å². The van der Waals surface area contributed by atoms with Crippen LogP contribution in [0.1, 0.15) is 30.4 Å². The molecule has 0 spiro atoms. The Hall–Kier alpha value is -1.94. The van der Waals surface area contributed by atoms with Crippen molar-refractivity contribution in [1.82, 2.24) is 5.01 Å². The Labute approximate surface area is 111 Å². The van der Waals surface area contributed by atoms with Crippen molar-refractivity contribution in [2.45, 2.75) is 19.3 Å². The standard InChI is InChI=1S/C15H15FN2O/c1-9-8-18(17)13-3-2-4-14(19)15(13)12-7-10(16)5-6-11(9)12/h2-3,5-7,9H,4,8,17H2,1H3. The molecule has 19 heavy (non-hydrogen) atoms. The lowest BCUT2D eigenvalue weighted by molar-refractivity contribution is -0.113. The summed E-state index contributed by atoms with van der Waals surface area (Å²) >= 11 is 0. The monoisotopic (exact) mass is 258 g/mol. The molecule has 0 saturated heterocycles. The van der Waals surface area contributed by atoms with Crippen LogP contribution < -0.4 is 5.84 Å². The molecule has 1 aromatic rings. The highest BCUT2D eigenvalue weighted by molar-refractivity contribution is 6.23. The molecule has 0 bridgehead atoms. The smallest absolute Gasteiger partial charge is 0.169 e. The number of fused-ring (bicyclic) bond motifs is 2. The summed E-state index contributed by atoms with van der Waals surface area (Å²) in [5.74, 6) is 5.85. The van der Waals surface area contributed by atoms with Crippen LogP contribution >= 0.6 is 0 Å². The van der Waals surface area contributed by atoms with Crippen LogP contribution in [0.2, 0.25) is 0 Å². The molecular formula is C15H15FN2O. The molecule has 2 N–H and O–H groups in total. The molecule has 1 aliphatic heterocycles. The summed E-state index contributed by atoms with van der Waals surface area (Å²) in [6, 6.07) is 4.63. The van der Waals surface area contributed by atoms with Crippen LogP contribution in [-0.4, -0.2) is 17.3 Å². The first-order valence-corrected chi connectivity index (χ1v) is 6.34. The molecule has 1 unspecified atom stereocenters. The van der Waals surface area contributed by atoms with Crippen LogP contribution in [0.25, 0.3) is 5.57 Å². The average Bonchev–Trinajstić information content (AvgIpc) is 2.47. The third kappa shape index (κ3) is 1.88. The van der Waals surface area contributed by atoms with Crippen molar-refractivity contribution < 1.29 is 9.18 Å². The largest absolute Gasteiger partial charge is 0.310 e. The van der Waals surface area contributed by atoms with Gasteiger partial charge in [0.2, 0.25) is 0 Å². The van der Waals surface area contributed by atoms with Gasteiger partial charge in [0.25, 0.3) is 0 Å². The third-order valence-corrected chi connectivity index (χ3v) is 3.71. The van der Waals surface area contributed by atoms with Crippen molar-refractivity contribution in [3.8, 4) is 0 Å². The number of ketones is 1. The number of allylic oxidation sites excluding steroid dienone is 3. The summed E-state index contributed by atoms with van der Waals surface area (Å²) in [5, 5.41) is 1.59. The Bertz CT molecular complexity index is 619. The van der Waals surface area contributed by atoms with E-state index < -0.39 is 0 Å². The maximum absolute atomic E-state index is 13.5.